The highest BCUT2D eigenvalue weighted by molar-refractivity contribution is 5.98. The number of aromatic carboxylic acids is 1. The molecule has 0 saturated carbocycles. The number of benzene rings is 2. The lowest BCUT2D eigenvalue weighted by atomic mass is 10.0. The van der Waals surface area contributed by atoms with Gasteiger partial charge >= 0.3 is 12.1 Å². The predicted octanol–water partition coefficient (Wildman–Crippen LogP) is 3.26. The molecule has 2 N–H and O–H groups in total. The number of carboxylic acids is 1. The predicted molar refractivity (Wildman–Crippen MR) is 57.6 cm³/mol. The first-order chi connectivity index (χ1) is 8.30. The van der Waals surface area contributed by atoms with Crippen molar-refractivity contribution in [3.05, 3.63) is 41.5 Å². The Labute approximate surface area is 99.1 Å². The number of hydrogen-bond acceptors (Lipinski definition) is 2. The van der Waals surface area contributed by atoms with Crippen molar-refractivity contribution < 1.29 is 28.2 Å². The van der Waals surface area contributed by atoms with Crippen molar-refractivity contribution in [1.29, 1.82) is 0 Å². The van der Waals surface area contributed by atoms with Gasteiger partial charge in [-0.2, -0.15) is 13.2 Å². The number of rotatable bonds is 1. The molecule has 0 radical (unpaired) electrons. The minimum atomic E-state index is -4.56. The summed E-state index contributed by atoms with van der Waals surface area (Å²) in [6.45, 7) is 0. The molecule has 0 atom stereocenters. The van der Waals surface area contributed by atoms with Gasteiger partial charge in [0.1, 0.15) is 11.3 Å². The molecule has 2 aromatic carbocycles. The van der Waals surface area contributed by atoms with Crippen molar-refractivity contribution in [3.8, 4) is 5.75 Å². The molecule has 0 bridgehead atoms. The van der Waals surface area contributed by atoms with E-state index in [4.69, 9.17) is 5.11 Å². The third-order valence-electron chi connectivity index (χ3n) is 2.53. The number of alkyl halides is 3. The maximum atomic E-state index is 12.7. The smallest absolute Gasteiger partial charge is 0.417 e. The summed E-state index contributed by atoms with van der Waals surface area (Å²) >= 11 is 0. The van der Waals surface area contributed by atoms with Crippen LogP contribution in [0.1, 0.15) is 15.9 Å². The van der Waals surface area contributed by atoms with Crippen molar-refractivity contribution >= 4 is 16.7 Å². The van der Waals surface area contributed by atoms with E-state index < -0.39 is 29.0 Å². The Morgan fingerprint density at radius 1 is 1.17 bits per heavy atom. The number of aromatic hydroxyl groups is 1. The summed E-state index contributed by atoms with van der Waals surface area (Å²) in [6.07, 6.45) is -4.56. The van der Waals surface area contributed by atoms with Gasteiger partial charge in [-0.3, -0.25) is 0 Å². The van der Waals surface area contributed by atoms with Gasteiger partial charge in [0.15, 0.2) is 0 Å². The van der Waals surface area contributed by atoms with Crippen LogP contribution in [-0.4, -0.2) is 16.2 Å². The zero-order chi connectivity index (χ0) is 13.5. The second kappa shape index (κ2) is 3.90. The van der Waals surface area contributed by atoms with Crippen molar-refractivity contribution in [2.45, 2.75) is 6.18 Å². The van der Waals surface area contributed by atoms with Crippen molar-refractivity contribution in [2.24, 2.45) is 0 Å². The molecule has 0 aliphatic rings. The first-order valence-electron chi connectivity index (χ1n) is 4.87. The van der Waals surface area contributed by atoms with Crippen LogP contribution in [-0.2, 0) is 6.18 Å². The van der Waals surface area contributed by atoms with E-state index in [1.165, 1.54) is 12.1 Å². The van der Waals surface area contributed by atoms with Crippen LogP contribution in [0.2, 0.25) is 0 Å². The Balaban J connectivity index is 2.81. The van der Waals surface area contributed by atoms with Gasteiger partial charge in [0, 0.05) is 0 Å². The van der Waals surface area contributed by atoms with E-state index in [1.807, 2.05) is 0 Å². The van der Waals surface area contributed by atoms with Crippen LogP contribution in [0.4, 0.5) is 13.2 Å². The second-order valence-electron chi connectivity index (χ2n) is 3.70. The van der Waals surface area contributed by atoms with Crippen LogP contribution in [0, 0.1) is 0 Å². The number of halogens is 3. The molecule has 0 aliphatic carbocycles. The summed E-state index contributed by atoms with van der Waals surface area (Å²) in [5.74, 6) is -2.08. The third-order valence-corrected chi connectivity index (χ3v) is 2.53. The highest BCUT2D eigenvalue weighted by atomic mass is 19.4. The molecular weight excluding hydrogens is 249 g/mol. The van der Waals surface area contributed by atoms with E-state index in [9.17, 15) is 23.1 Å². The highest BCUT2D eigenvalue weighted by Crippen LogP contribution is 2.36. The van der Waals surface area contributed by atoms with Gasteiger partial charge < -0.3 is 10.2 Å². The largest absolute Gasteiger partial charge is 0.507 e. The fourth-order valence-electron chi connectivity index (χ4n) is 1.73. The molecule has 2 aromatic rings. The molecule has 0 aliphatic heterocycles. The van der Waals surface area contributed by atoms with Crippen molar-refractivity contribution in [1.82, 2.24) is 0 Å². The Bertz CT molecular complexity index is 632. The Morgan fingerprint density at radius 3 is 2.39 bits per heavy atom. The normalized spacial score (nSPS) is 11.7. The summed E-state index contributed by atoms with van der Waals surface area (Å²) < 4.78 is 38.1. The third kappa shape index (κ3) is 1.97. The summed E-state index contributed by atoms with van der Waals surface area (Å²) in [5.41, 5.74) is -1.34. The molecule has 6 heteroatoms. The van der Waals surface area contributed by atoms with Crippen LogP contribution in [0.3, 0.4) is 0 Å². The summed E-state index contributed by atoms with van der Waals surface area (Å²) in [5, 5.41) is 18.1. The number of carbonyl (C=O) groups is 1. The molecular formula is C12H7F3O3. The standard InChI is InChI=1S/C12H7F3O3/c13-12(14,15)9-3-1-2-6-4-8(11(17)18)10(16)5-7(6)9/h1-5,16H,(H,17,18). The lowest BCUT2D eigenvalue weighted by Gasteiger charge is -2.11. The van der Waals surface area contributed by atoms with Gasteiger partial charge in [-0.15, -0.1) is 0 Å². The number of hydrogen-bond donors (Lipinski definition) is 2. The summed E-state index contributed by atoms with van der Waals surface area (Å²) in [6, 6.07) is 5.26. The van der Waals surface area contributed by atoms with Crippen molar-refractivity contribution in [2.75, 3.05) is 0 Å². The molecule has 0 fully saturated rings. The molecule has 0 aromatic heterocycles. The van der Waals surface area contributed by atoms with E-state index >= 15 is 0 Å². The van der Waals surface area contributed by atoms with Crippen LogP contribution in [0.5, 0.6) is 5.75 Å². The van der Waals surface area contributed by atoms with Gasteiger partial charge in [0.2, 0.25) is 0 Å². The van der Waals surface area contributed by atoms with Gasteiger partial charge in [0.25, 0.3) is 0 Å². The zero-order valence-corrected chi connectivity index (χ0v) is 8.82. The molecule has 0 spiro atoms. The fraction of sp³-hybridized carbons (Fsp3) is 0.0833. The van der Waals surface area contributed by atoms with Crippen LogP contribution >= 0.6 is 0 Å². The number of fused-ring (bicyclic) bond motifs is 1. The van der Waals surface area contributed by atoms with Crippen molar-refractivity contribution in [3.63, 3.8) is 0 Å². The molecule has 0 heterocycles. The van der Waals surface area contributed by atoms with E-state index in [-0.39, 0.29) is 10.8 Å². The topological polar surface area (TPSA) is 57.5 Å². The SMILES string of the molecule is O=C(O)c1cc2cccc(C(F)(F)F)c2cc1O. The quantitative estimate of drug-likeness (QED) is 0.823. The van der Waals surface area contributed by atoms with E-state index in [0.717, 1.165) is 18.2 Å². The monoisotopic (exact) mass is 256 g/mol. The Morgan fingerprint density at radius 2 is 1.83 bits per heavy atom. The van der Waals surface area contributed by atoms with Crippen LogP contribution in [0.25, 0.3) is 10.8 Å². The fourth-order valence-corrected chi connectivity index (χ4v) is 1.73. The lowest BCUT2D eigenvalue weighted by Crippen LogP contribution is -2.06. The summed E-state index contributed by atoms with van der Waals surface area (Å²) in [7, 11) is 0. The number of phenols is 1. The molecule has 18 heavy (non-hydrogen) atoms. The van der Waals surface area contributed by atoms with Crippen LogP contribution in [0.15, 0.2) is 30.3 Å². The van der Waals surface area contributed by atoms with E-state index in [0.29, 0.717) is 0 Å². The Hall–Kier alpha value is -2.24. The highest BCUT2D eigenvalue weighted by Gasteiger charge is 2.32. The minimum Gasteiger partial charge on any atom is -0.507 e. The maximum absolute atomic E-state index is 12.7. The first kappa shape index (κ1) is 12.2. The van der Waals surface area contributed by atoms with Crippen LogP contribution < -0.4 is 0 Å². The average molecular weight is 256 g/mol. The van der Waals surface area contributed by atoms with Gasteiger partial charge in [-0.05, 0) is 29.0 Å². The molecule has 3 nitrogen and oxygen atoms in total. The molecule has 0 unspecified atom stereocenters. The van der Waals surface area contributed by atoms with E-state index in [2.05, 4.69) is 0 Å². The summed E-state index contributed by atoms with van der Waals surface area (Å²) in [4.78, 5) is 10.8. The molecule has 0 saturated heterocycles. The molecule has 0 amide bonds. The molecule has 2 rings (SSSR count). The average Bonchev–Trinajstić information content (AvgIpc) is 2.25. The maximum Gasteiger partial charge on any atom is 0.417 e. The zero-order valence-electron chi connectivity index (χ0n) is 8.82. The first-order valence-corrected chi connectivity index (χ1v) is 4.87. The number of carboxylic acid groups (broad SMARTS) is 1. The minimum absolute atomic E-state index is 0.111. The van der Waals surface area contributed by atoms with Gasteiger partial charge in [-0.25, -0.2) is 4.79 Å². The Kier molecular flexibility index (Phi) is 2.65. The second-order valence-corrected chi connectivity index (χ2v) is 3.70. The van der Waals surface area contributed by atoms with Gasteiger partial charge in [-0.1, -0.05) is 12.1 Å². The van der Waals surface area contributed by atoms with Gasteiger partial charge in [0.05, 0.1) is 5.56 Å². The molecule has 94 valence electrons. The van der Waals surface area contributed by atoms with E-state index in [1.54, 1.807) is 0 Å². The lowest BCUT2D eigenvalue weighted by molar-refractivity contribution is -0.136.